The maximum atomic E-state index is 13.6. The summed E-state index contributed by atoms with van der Waals surface area (Å²) >= 11 is 0. The SMILES string of the molecule is Cn1ccnc1CCNc1cc(F)c(C(=O)O)cc1N. The van der Waals surface area contributed by atoms with Crippen LogP contribution in [0.1, 0.15) is 16.2 Å². The number of aromatic nitrogens is 2. The molecule has 0 spiro atoms. The van der Waals surface area contributed by atoms with E-state index in [4.69, 9.17) is 10.8 Å². The van der Waals surface area contributed by atoms with Crippen LogP contribution in [0.4, 0.5) is 15.8 Å². The fraction of sp³-hybridized carbons (Fsp3) is 0.231. The van der Waals surface area contributed by atoms with Crippen molar-refractivity contribution >= 4 is 17.3 Å². The number of nitrogens with two attached hydrogens (primary N) is 1. The molecular weight excluding hydrogens is 263 g/mol. The second-order valence-corrected chi connectivity index (χ2v) is 4.36. The summed E-state index contributed by atoms with van der Waals surface area (Å²) in [5.41, 5.74) is 5.85. The first-order valence-electron chi connectivity index (χ1n) is 6.01. The number of rotatable bonds is 5. The van der Waals surface area contributed by atoms with Crippen molar-refractivity contribution < 1.29 is 14.3 Å². The van der Waals surface area contributed by atoms with Gasteiger partial charge in [0.25, 0.3) is 0 Å². The smallest absolute Gasteiger partial charge is 0.338 e. The molecule has 7 heteroatoms. The number of aryl methyl sites for hydroxylation is 1. The van der Waals surface area contributed by atoms with E-state index in [0.717, 1.165) is 18.0 Å². The van der Waals surface area contributed by atoms with Crippen molar-refractivity contribution in [3.63, 3.8) is 0 Å². The van der Waals surface area contributed by atoms with Gasteiger partial charge in [0, 0.05) is 32.4 Å². The van der Waals surface area contributed by atoms with Crippen molar-refractivity contribution in [3.05, 3.63) is 41.7 Å². The molecular formula is C13H15FN4O2. The molecule has 0 amide bonds. The van der Waals surface area contributed by atoms with Crippen molar-refractivity contribution in [1.29, 1.82) is 0 Å². The number of anilines is 2. The number of aromatic carboxylic acids is 1. The number of imidazole rings is 1. The quantitative estimate of drug-likeness (QED) is 0.721. The van der Waals surface area contributed by atoms with Gasteiger partial charge in [0.15, 0.2) is 0 Å². The minimum Gasteiger partial charge on any atom is -0.478 e. The highest BCUT2D eigenvalue weighted by Gasteiger charge is 2.13. The number of nitrogen functional groups attached to an aromatic ring is 1. The zero-order valence-corrected chi connectivity index (χ0v) is 10.9. The van der Waals surface area contributed by atoms with Crippen molar-refractivity contribution in [2.45, 2.75) is 6.42 Å². The molecule has 0 unspecified atom stereocenters. The molecule has 0 radical (unpaired) electrons. The van der Waals surface area contributed by atoms with E-state index in [1.165, 1.54) is 0 Å². The number of halogens is 1. The summed E-state index contributed by atoms with van der Waals surface area (Å²) in [5, 5.41) is 11.8. The molecule has 20 heavy (non-hydrogen) atoms. The minimum atomic E-state index is -1.34. The predicted molar refractivity (Wildman–Crippen MR) is 73.2 cm³/mol. The highest BCUT2D eigenvalue weighted by atomic mass is 19.1. The maximum absolute atomic E-state index is 13.6. The van der Waals surface area contributed by atoms with Crippen LogP contribution in [-0.2, 0) is 13.5 Å². The summed E-state index contributed by atoms with van der Waals surface area (Å²) in [6.45, 7) is 0.515. The Hall–Kier alpha value is -2.57. The van der Waals surface area contributed by atoms with Gasteiger partial charge in [-0.3, -0.25) is 0 Å². The van der Waals surface area contributed by atoms with Crippen molar-refractivity contribution in [1.82, 2.24) is 9.55 Å². The van der Waals surface area contributed by atoms with E-state index in [0.29, 0.717) is 18.7 Å². The van der Waals surface area contributed by atoms with E-state index < -0.39 is 17.3 Å². The van der Waals surface area contributed by atoms with E-state index in [-0.39, 0.29) is 5.69 Å². The van der Waals surface area contributed by atoms with Gasteiger partial charge in [-0.05, 0) is 12.1 Å². The molecule has 1 aromatic carbocycles. The Morgan fingerprint density at radius 1 is 1.55 bits per heavy atom. The molecule has 2 aromatic rings. The topological polar surface area (TPSA) is 93.2 Å². The third kappa shape index (κ3) is 2.87. The van der Waals surface area contributed by atoms with E-state index in [9.17, 15) is 9.18 Å². The fourth-order valence-corrected chi connectivity index (χ4v) is 1.85. The molecule has 106 valence electrons. The summed E-state index contributed by atoms with van der Waals surface area (Å²) < 4.78 is 15.4. The average molecular weight is 278 g/mol. The number of carboxylic acid groups (broad SMARTS) is 1. The largest absolute Gasteiger partial charge is 0.478 e. The molecule has 1 aromatic heterocycles. The molecule has 0 aliphatic rings. The van der Waals surface area contributed by atoms with Crippen LogP contribution in [0.25, 0.3) is 0 Å². The van der Waals surface area contributed by atoms with Crippen molar-refractivity contribution in [3.8, 4) is 0 Å². The van der Waals surface area contributed by atoms with Crippen molar-refractivity contribution in [2.75, 3.05) is 17.6 Å². The Bertz CT molecular complexity index is 639. The zero-order chi connectivity index (χ0) is 14.7. The van der Waals surface area contributed by atoms with Gasteiger partial charge in [-0.25, -0.2) is 14.2 Å². The highest BCUT2D eigenvalue weighted by molar-refractivity contribution is 5.90. The summed E-state index contributed by atoms with van der Waals surface area (Å²) in [5.74, 6) is -1.27. The van der Waals surface area contributed by atoms with Gasteiger partial charge in [0.05, 0.1) is 16.9 Å². The molecule has 0 fully saturated rings. The number of hydrogen-bond donors (Lipinski definition) is 3. The van der Waals surface area contributed by atoms with E-state index >= 15 is 0 Å². The second kappa shape index (κ2) is 5.60. The highest BCUT2D eigenvalue weighted by Crippen LogP contribution is 2.23. The number of benzene rings is 1. The molecule has 0 aliphatic heterocycles. The van der Waals surface area contributed by atoms with Crippen LogP contribution in [0.3, 0.4) is 0 Å². The second-order valence-electron chi connectivity index (χ2n) is 4.36. The van der Waals surface area contributed by atoms with Crippen LogP contribution in [0.15, 0.2) is 24.5 Å². The number of nitrogens with one attached hydrogen (secondary N) is 1. The van der Waals surface area contributed by atoms with E-state index in [1.54, 1.807) is 6.20 Å². The lowest BCUT2D eigenvalue weighted by Gasteiger charge is -2.10. The summed E-state index contributed by atoms with van der Waals surface area (Å²) in [6, 6.07) is 2.21. The maximum Gasteiger partial charge on any atom is 0.338 e. The monoisotopic (exact) mass is 278 g/mol. The van der Waals surface area contributed by atoms with Gasteiger partial charge >= 0.3 is 5.97 Å². The predicted octanol–water partition coefficient (Wildman–Crippen LogP) is 1.49. The summed E-state index contributed by atoms with van der Waals surface area (Å²) in [4.78, 5) is 14.9. The van der Waals surface area contributed by atoms with Gasteiger partial charge in [-0.15, -0.1) is 0 Å². The van der Waals surface area contributed by atoms with E-state index in [1.807, 2.05) is 17.8 Å². The van der Waals surface area contributed by atoms with Gasteiger partial charge in [0.1, 0.15) is 11.6 Å². The van der Waals surface area contributed by atoms with Crippen molar-refractivity contribution in [2.24, 2.45) is 7.05 Å². The first kappa shape index (κ1) is 13.9. The van der Waals surface area contributed by atoms with Gasteiger partial charge < -0.3 is 20.7 Å². The van der Waals surface area contributed by atoms with Gasteiger partial charge in [-0.2, -0.15) is 0 Å². The Morgan fingerprint density at radius 2 is 2.30 bits per heavy atom. The molecule has 0 bridgehead atoms. The fourth-order valence-electron chi connectivity index (χ4n) is 1.85. The standard InChI is InChI=1S/C13H15FN4O2/c1-18-5-4-17-12(18)2-3-16-11-7-9(14)8(13(19)20)6-10(11)15/h4-7,16H,2-3,15H2,1H3,(H,19,20). The third-order valence-electron chi connectivity index (χ3n) is 2.95. The van der Waals surface area contributed by atoms with Crippen LogP contribution in [0, 0.1) is 5.82 Å². The number of carbonyl (C=O) groups is 1. The lowest BCUT2D eigenvalue weighted by Crippen LogP contribution is -2.11. The lowest BCUT2D eigenvalue weighted by atomic mass is 10.1. The lowest BCUT2D eigenvalue weighted by molar-refractivity contribution is 0.0692. The molecule has 4 N–H and O–H groups in total. The van der Waals surface area contributed by atoms with E-state index in [2.05, 4.69) is 10.3 Å². The Labute approximate surface area is 115 Å². The zero-order valence-electron chi connectivity index (χ0n) is 10.9. The molecule has 0 saturated carbocycles. The van der Waals surface area contributed by atoms with Crippen LogP contribution in [0.5, 0.6) is 0 Å². The summed E-state index contributed by atoms with van der Waals surface area (Å²) in [6.07, 6.45) is 4.18. The molecule has 0 saturated heterocycles. The Morgan fingerprint density at radius 3 is 2.90 bits per heavy atom. The molecule has 1 heterocycles. The van der Waals surface area contributed by atoms with Gasteiger partial charge in [0.2, 0.25) is 0 Å². The van der Waals surface area contributed by atoms with Crippen LogP contribution < -0.4 is 11.1 Å². The van der Waals surface area contributed by atoms with Crippen LogP contribution >= 0.6 is 0 Å². The normalized spacial score (nSPS) is 10.5. The van der Waals surface area contributed by atoms with Gasteiger partial charge in [-0.1, -0.05) is 0 Å². The Balaban J connectivity index is 2.05. The first-order valence-corrected chi connectivity index (χ1v) is 6.01. The first-order chi connectivity index (χ1) is 9.49. The number of nitrogens with zero attached hydrogens (tertiary/aromatic N) is 2. The van der Waals surface area contributed by atoms with Crippen LogP contribution in [0.2, 0.25) is 0 Å². The minimum absolute atomic E-state index is 0.198. The Kier molecular flexibility index (Phi) is 3.88. The molecule has 0 aliphatic carbocycles. The number of carboxylic acids is 1. The van der Waals surface area contributed by atoms with Crippen LogP contribution in [-0.4, -0.2) is 27.2 Å². The molecule has 0 atom stereocenters. The average Bonchev–Trinajstić information content (AvgIpc) is 2.78. The number of hydrogen-bond acceptors (Lipinski definition) is 4. The molecule has 6 nitrogen and oxygen atoms in total. The third-order valence-corrected chi connectivity index (χ3v) is 2.95. The summed E-state index contributed by atoms with van der Waals surface area (Å²) in [7, 11) is 1.89. The molecule has 2 rings (SSSR count).